The monoisotopic (exact) mass is 287 g/mol. The molecule has 0 bridgehead atoms. The molecule has 1 aromatic heterocycles. The topological polar surface area (TPSA) is 31.4 Å². The van der Waals surface area contributed by atoms with E-state index in [2.05, 4.69) is 4.98 Å². The summed E-state index contributed by atoms with van der Waals surface area (Å²) in [6.07, 6.45) is -3.12. The summed E-state index contributed by atoms with van der Waals surface area (Å²) in [6, 6.07) is 2.76. The van der Waals surface area contributed by atoms with E-state index >= 15 is 0 Å². The van der Waals surface area contributed by atoms with Crippen LogP contribution >= 0.6 is 0 Å². The second-order valence-corrected chi connectivity index (χ2v) is 5.87. The van der Waals surface area contributed by atoms with Gasteiger partial charge in [-0.3, -0.25) is 0 Å². The third kappa shape index (κ3) is 2.83. The van der Waals surface area contributed by atoms with E-state index in [0.717, 1.165) is 0 Å². The van der Waals surface area contributed by atoms with Crippen molar-refractivity contribution in [2.24, 2.45) is 0 Å². The van der Waals surface area contributed by atoms with Crippen LogP contribution in [0.15, 0.2) is 12.1 Å². The van der Waals surface area contributed by atoms with Crippen LogP contribution in [0.3, 0.4) is 0 Å². The number of alkyl halides is 2. The molecule has 0 atom stereocenters. The van der Waals surface area contributed by atoms with E-state index < -0.39 is 37.1 Å². The predicted molar refractivity (Wildman–Crippen MR) is 69.6 cm³/mol. The second-order valence-electron chi connectivity index (χ2n) is 5.87. The SMILES string of the molecule is CC1(C)OB(c2ccc(CC(F)F)nc2F)OC1(C)C. The maximum Gasteiger partial charge on any atom is 0.499 e. The molecule has 20 heavy (non-hydrogen) atoms. The quantitative estimate of drug-likeness (QED) is 0.631. The van der Waals surface area contributed by atoms with Crippen molar-refractivity contribution in [1.82, 2.24) is 4.98 Å². The number of rotatable bonds is 3. The molecule has 2 heterocycles. The molecule has 0 N–H and O–H groups in total. The van der Waals surface area contributed by atoms with E-state index in [-0.39, 0.29) is 11.2 Å². The molecule has 2 rings (SSSR count). The number of halogens is 3. The first-order valence-corrected chi connectivity index (χ1v) is 6.41. The summed E-state index contributed by atoms with van der Waals surface area (Å²) < 4.78 is 49.8. The Bertz CT molecular complexity index is 492. The fraction of sp³-hybridized carbons (Fsp3) is 0.615. The highest BCUT2D eigenvalue weighted by Crippen LogP contribution is 2.36. The molecule has 3 nitrogen and oxygen atoms in total. The Morgan fingerprint density at radius 2 is 1.70 bits per heavy atom. The summed E-state index contributed by atoms with van der Waals surface area (Å²) in [7, 11) is -0.881. The van der Waals surface area contributed by atoms with Crippen LogP contribution in [0.5, 0.6) is 0 Å². The lowest BCUT2D eigenvalue weighted by Gasteiger charge is -2.32. The smallest absolute Gasteiger partial charge is 0.399 e. The molecular weight excluding hydrogens is 270 g/mol. The van der Waals surface area contributed by atoms with Gasteiger partial charge < -0.3 is 9.31 Å². The van der Waals surface area contributed by atoms with Crippen LogP contribution in [0.25, 0.3) is 0 Å². The minimum atomic E-state index is -2.55. The molecule has 110 valence electrons. The molecule has 1 fully saturated rings. The molecule has 0 aromatic carbocycles. The molecule has 7 heteroatoms. The van der Waals surface area contributed by atoms with Crippen molar-refractivity contribution in [3.8, 4) is 0 Å². The summed E-state index contributed by atoms with van der Waals surface area (Å²) in [5, 5.41) is 0. The average Bonchev–Trinajstić information content (AvgIpc) is 2.46. The van der Waals surface area contributed by atoms with Crippen molar-refractivity contribution in [3.63, 3.8) is 0 Å². The van der Waals surface area contributed by atoms with E-state index in [0.29, 0.717) is 0 Å². The Morgan fingerprint density at radius 3 is 2.15 bits per heavy atom. The van der Waals surface area contributed by atoms with Crippen LogP contribution in [0.2, 0.25) is 0 Å². The molecule has 0 saturated carbocycles. The van der Waals surface area contributed by atoms with E-state index in [1.165, 1.54) is 12.1 Å². The molecule has 1 aromatic rings. The van der Waals surface area contributed by atoms with Crippen molar-refractivity contribution >= 4 is 12.6 Å². The van der Waals surface area contributed by atoms with Crippen molar-refractivity contribution < 1.29 is 22.5 Å². The zero-order valence-electron chi connectivity index (χ0n) is 11.9. The minimum Gasteiger partial charge on any atom is -0.399 e. The van der Waals surface area contributed by atoms with Gasteiger partial charge in [0.1, 0.15) is 0 Å². The van der Waals surface area contributed by atoms with Crippen LogP contribution in [-0.2, 0) is 15.7 Å². The third-order valence-electron chi connectivity index (χ3n) is 3.81. The highest BCUT2D eigenvalue weighted by Gasteiger charge is 2.52. The number of pyridine rings is 1. The molecule has 0 spiro atoms. The normalized spacial score (nSPS) is 20.7. The Morgan fingerprint density at radius 1 is 1.15 bits per heavy atom. The van der Waals surface area contributed by atoms with Gasteiger partial charge in [0.2, 0.25) is 12.4 Å². The average molecular weight is 287 g/mol. The van der Waals surface area contributed by atoms with Crippen molar-refractivity contribution in [2.45, 2.75) is 51.7 Å². The van der Waals surface area contributed by atoms with Gasteiger partial charge in [-0.1, -0.05) is 6.07 Å². The first kappa shape index (κ1) is 15.3. The summed E-state index contributed by atoms with van der Waals surface area (Å²) >= 11 is 0. The van der Waals surface area contributed by atoms with Gasteiger partial charge in [0, 0.05) is 11.2 Å². The molecular formula is C13H17BF3NO2. The van der Waals surface area contributed by atoms with Crippen LogP contribution < -0.4 is 5.46 Å². The van der Waals surface area contributed by atoms with Gasteiger partial charge in [-0.2, -0.15) is 4.39 Å². The number of nitrogens with zero attached hydrogens (tertiary/aromatic N) is 1. The highest BCUT2D eigenvalue weighted by atomic mass is 19.3. The van der Waals surface area contributed by atoms with Gasteiger partial charge >= 0.3 is 7.12 Å². The summed E-state index contributed by atoms with van der Waals surface area (Å²) in [5.74, 6) is -0.832. The Kier molecular flexibility index (Phi) is 3.86. The Labute approximate surface area is 116 Å². The fourth-order valence-corrected chi connectivity index (χ4v) is 1.90. The standard InChI is InChI=1S/C13H17BF3NO2/c1-12(2)13(3,4)20-14(19-12)9-6-5-8(7-10(15)16)18-11(9)17/h5-6,10H,7H2,1-4H3. The largest absolute Gasteiger partial charge is 0.499 e. The van der Waals surface area contributed by atoms with Crippen molar-refractivity contribution in [1.29, 1.82) is 0 Å². The maximum absolute atomic E-state index is 13.9. The summed E-state index contributed by atoms with van der Waals surface area (Å²) in [4.78, 5) is 3.55. The Balaban J connectivity index is 2.23. The van der Waals surface area contributed by atoms with Gasteiger partial charge in [0.25, 0.3) is 0 Å². The number of hydrogen-bond donors (Lipinski definition) is 0. The Hall–Kier alpha value is -1.08. The molecule has 1 aliphatic rings. The lowest BCUT2D eigenvalue weighted by molar-refractivity contribution is 0.00578. The van der Waals surface area contributed by atoms with Crippen LogP contribution in [0.1, 0.15) is 33.4 Å². The number of aromatic nitrogens is 1. The summed E-state index contributed by atoms with van der Waals surface area (Å²) in [5.41, 5.74) is -1.04. The maximum atomic E-state index is 13.9. The van der Waals surface area contributed by atoms with Gasteiger partial charge in [-0.25, -0.2) is 13.8 Å². The zero-order valence-corrected chi connectivity index (χ0v) is 11.9. The zero-order chi connectivity index (χ0) is 15.1. The second kappa shape index (κ2) is 5.04. The number of hydrogen-bond acceptors (Lipinski definition) is 3. The van der Waals surface area contributed by atoms with E-state index in [9.17, 15) is 13.2 Å². The van der Waals surface area contributed by atoms with Crippen molar-refractivity contribution in [3.05, 3.63) is 23.8 Å². The molecule has 1 saturated heterocycles. The van der Waals surface area contributed by atoms with E-state index in [4.69, 9.17) is 9.31 Å². The molecule has 0 aliphatic carbocycles. The predicted octanol–water partition coefficient (Wildman–Crippen LogP) is 2.33. The first-order valence-electron chi connectivity index (χ1n) is 6.41. The van der Waals surface area contributed by atoms with E-state index in [1.807, 2.05) is 27.7 Å². The van der Waals surface area contributed by atoms with Gasteiger partial charge in [0.15, 0.2) is 0 Å². The molecule has 0 radical (unpaired) electrons. The van der Waals surface area contributed by atoms with Crippen molar-refractivity contribution in [2.75, 3.05) is 0 Å². The lowest BCUT2D eigenvalue weighted by Crippen LogP contribution is -2.41. The fourth-order valence-electron chi connectivity index (χ4n) is 1.90. The third-order valence-corrected chi connectivity index (χ3v) is 3.81. The lowest BCUT2D eigenvalue weighted by atomic mass is 9.80. The van der Waals surface area contributed by atoms with Gasteiger partial charge in [-0.05, 0) is 33.8 Å². The highest BCUT2D eigenvalue weighted by molar-refractivity contribution is 6.62. The summed E-state index contributed by atoms with van der Waals surface area (Å²) in [6.45, 7) is 7.40. The first-order chi connectivity index (χ1) is 9.12. The van der Waals surface area contributed by atoms with Crippen LogP contribution in [0, 0.1) is 5.95 Å². The van der Waals surface area contributed by atoms with E-state index in [1.54, 1.807) is 0 Å². The molecule has 1 aliphatic heterocycles. The molecule has 0 amide bonds. The van der Waals surface area contributed by atoms with Gasteiger partial charge in [-0.15, -0.1) is 0 Å². The molecule has 0 unspecified atom stereocenters. The van der Waals surface area contributed by atoms with Crippen LogP contribution in [-0.4, -0.2) is 29.7 Å². The van der Waals surface area contributed by atoms with Gasteiger partial charge in [0.05, 0.1) is 17.6 Å². The van der Waals surface area contributed by atoms with Crippen LogP contribution in [0.4, 0.5) is 13.2 Å². The minimum absolute atomic E-state index is 0.0118.